The van der Waals surface area contributed by atoms with Crippen molar-refractivity contribution in [1.82, 2.24) is 9.55 Å². The molecule has 0 radical (unpaired) electrons. The van der Waals surface area contributed by atoms with Gasteiger partial charge in [-0.25, -0.2) is 0 Å². The maximum atomic E-state index is 12.5. The van der Waals surface area contributed by atoms with Gasteiger partial charge in [0.1, 0.15) is 0 Å². The lowest BCUT2D eigenvalue weighted by atomic mass is 10.3. The zero-order chi connectivity index (χ0) is 13.1. The fourth-order valence-electron chi connectivity index (χ4n) is 1.46. The summed E-state index contributed by atoms with van der Waals surface area (Å²) in [4.78, 5) is 13.9. The lowest BCUT2D eigenvalue weighted by Crippen LogP contribution is -2.10. The number of aromatic amines is 1. The molecule has 0 fully saturated rings. The van der Waals surface area contributed by atoms with Crippen molar-refractivity contribution in [2.24, 2.45) is 0 Å². The summed E-state index contributed by atoms with van der Waals surface area (Å²) < 4.78 is 26.6. The normalized spacial score (nSPS) is 10.8. The van der Waals surface area contributed by atoms with Crippen LogP contribution >= 0.6 is 24.0 Å². The highest BCUT2D eigenvalue weighted by Crippen LogP contribution is 2.30. The Bertz CT molecular complexity index is 666. The number of H-pyrrole nitrogens is 1. The van der Waals surface area contributed by atoms with Crippen molar-refractivity contribution in [2.45, 2.75) is 10.7 Å². The van der Waals surface area contributed by atoms with Crippen LogP contribution in [0, 0.1) is 4.77 Å². The van der Waals surface area contributed by atoms with Crippen LogP contribution in [0.2, 0.25) is 0 Å². The molecule has 1 heterocycles. The van der Waals surface area contributed by atoms with Crippen molar-refractivity contribution >= 4 is 24.0 Å². The van der Waals surface area contributed by atoms with Gasteiger partial charge in [0.2, 0.25) is 0 Å². The Morgan fingerprint density at radius 2 is 2.00 bits per heavy atom. The molecule has 0 amide bonds. The zero-order valence-corrected chi connectivity index (χ0v) is 10.6. The topological polar surface area (TPSA) is 37.8 Å². The minimum Gasteiger partial charge on any atom is -0.299 e. The van der Waals surface area contributed by atoms with Gasteiger partial charge in [-0.1, -0.05) is 23.9 Å². The zero-order valence-electron chi connectivity index (χ0n) is 8.97. The summed E-state index contributed by atoms with van der Waals surface area (Å²) in [5.74, 6) is -2.51. The van der Waals surface area contributed by atoms with E-state index in [2.05, 4.69) is 4.98 Å². The number of thioether (sulfide) groups is 1. The molecule has 0 saturated carbocycles. The SMILES string of the molecule is O=c1ccn(-c2ccccc2SC(F)F)c(=S)[nH]1. The Hall–Kier alpha value is -1.47. The van der Waals surface area contributed by atoms with E-state index in [1.807, 2.05) is 0 Å². The van der Waals surface area contributed by atoms with E-state index in [0.29, 0.717) is 22.3 Å². The van der Waals surface area contributed by atoms with Gasteiger partial charge < -0.3 is 0 Å². The van der Waals surface area contributed by atoms with Gasteiger partial charge in [-0.2, -0.15) is 8.78 Å². The largest absolute Gasteiger partial charge is 0.299 e. The molecule has 7 heteroatoms. The number of halogens is 2. The quantitative estimate of drug-likeness (QED) is 0.695. The standard InChI is InChI=1S/C11H8F2N2OS2/c12-10(13)18-8-4-2-1-3-7(8)15-6-5-9(16)14-11(15)17/h1-6,10H,(H,14,16,17). The molecule has 0 aliphatic rings. The van der Waals surface area contributed by atoms with E-state index in [1.54, 1.807) is 24.3 Å². The van der Waals surface area contributed by atoms with Gasteiger partial charge in [0.15, 0.2) is 4.77 Å². The Morgan fingerprint density at radius 1 is 1.28 bits per heavy atom. The van der Waals surface area contributed by atoms with Crippen LogP contribution in [0.15, 0.2) is 46.2 Å². The molecule has 0 atom stereocenters. The van der Waals surface area contributed by atoms with Gasteiger partial charge in [0.05, 0.1) is 5.69 Å². The number of nitrogens with zero attached hydrogens (tertiary/aromatic N) is 1. The Morgan fingerprint density at radius 3 is 2.67 bits per heavy atom. The Kier molecular flexibility index (Phi) is 3.93. The second-order valence-corrected chi connectivity index (χ2v) is 4.74. The Balaban J connectivity index is 2.56. The summed E-state index contributed by atoms with van der Waals surface area (Å²) in [5, 5.41) is 0. The maximum Gasteiger partial charge on any atom is 0.288 e. The van der Waals surface area contributed by atoms with Crippen molar-refractivity contribution in [3.8, 4) is 5.69 Å². The summed E-state index contributed by atoms with van der Waals surface area (Å²) in [6, 6.07) is 7.93. The molecule has 0 spiro atoms. The average molecular weight is 286 g/mol. The molecule has 2 rings (SSSR count). The molecular weight excluding hydrogens is 278 g/mol. The van der Waals surface area contributed by atoms with E-state index in [9.17, 15) is 13.6 Å². The highest BCUT2D eigenvalue weighted by molar-refractivity contribution is 7.99. The van der Waals surface area contributed by atoms with Crippen LogP contribution in [0.5, 0.6) is 0 Å². The molecule has 1 aromatic carbocycles. The number of alkyl halides is 2. The second kappa shape index (κ2) is 5.45. The summed E-state index contributed by atoms with van der Waals surface area (Å²) in [7, 11) is 0. The van der Waals surface area contributed by atoms with Crippen LogP contribution in [0.4, 0.5) is 8.78 Å². The fourth-order valence-corrected chi connectivity index (χ4v) is 2.35. The van der Waals surface area contributed by atoms with Crippen molar-refractivity contribution in [3.05, 3.63) is 51.7 Å². The van der Waals surface area contributed by atoms with Crippen LogP contribution in [0.1, 0.15) is 0 Å². The second-order valence-electron chi connectivity index (χ2n) is 3.33. The molecule has 0 aliphatic heterocycles. The first kappa shape index (κ1) is 13.0. The molecule has 0 saturated heterocycles. The van der Waals surface area contributed by atoms with E-state index >= 15 is 0 Å². The van der Waals surface area contributed by atoms with E-state index in [-0.39, 0.29) is 10.3 Å². The third-order valence-electron chi connectivity index (χ3n) is 2.16. The number of rotatable bonds is 3. The lowest BCUT2D eigenvalue weighted by Gasteiger charge is -2.11. The highest BCUT2D eigenvalue weighted by Gasteiger charge is 2.10. The first-order chi connectivity index (χ1) is 8.58. The van der Waals surface area contributed by atoms with Gasteiger partial charge >= 0.3 is 0 Å². The van der Waals surface area contributed by atoms with E-state index < -0.39 is 5.76 Å². The van der Waals surface area contributed by atoms with Gasteiger partial charge in [0.25, 0.3) is 11.3 Å². The summed E-state index contributed by atoms with van der Waals surface area (Å²) in [5.41, 5.74) is 0.194. The monoisotopic (exact) mass is 286 g/mol. The number of hydrogen-bond acceptors (Lipinski definition) is 3. The average Bonchev–Trinajstić information content (AvgIpc) is 2.30. The van der Waals surface area contributed by atoms with Crippen molar-refractivity contribution < 1.29 is 8.78 Å². The first-order valence-corrected chi connectivity index (χ1v) is 6.23. The number of nitrogens with one attached hydrogen (secondary N) is 1. The smallest absolute Gasteiger partial charge is 0.288 e. The summed E-state index contributed by atoms with van der Waals surface area (Å²) in [6.07, 6.45) is 1.46. The Labute approximate surface area is 110 Å². The predicted octanol–water partition coefficient (Wildman–Crippen LogP) is 3.21. The fraction of sp³-hybridized carbons (Fsp3) is 0.0909. The van der Waals surface area contributed by atoms with Gasteiger partial charge in [0, 0.05) is 17.2 Å². The predicted molar refractivity (Wildman–Crippen MR) is 69.1 cm³/mol. The molecular formula is C11H8F2N2OS2. The molecule has 1 N–H and O–H groups in total. The van der Waals surface area contributed by atoms with Crippen molar-refractivity contribution in [3.63, 3.8) is 0 Å². The highest BCUT2D eigenvalue weighted by atomic mass is 32.2. The van der Waals surface area contributed by atoms with Gasteiger partial charge in [-0.3, -0.25) is 14.3 Å². The minimum atomic E-state index is -2.51. The van der Waals surface area contributed by atoms with Crippen molar-refractivity contribution in [2.75, 3.05) is 0 Å². The molecule has 1 aromatic heterocycles. The molecule has 3 nitrogen and oxygen atoms in total. The van der Waals surface area contributed by atoms with E-state index in [0.717, 1.165) is 0 Å². The number of para-hydroxylation sites is 1. The molecule has 0 unspecified atom stereocenters. The van der Waals surface area contributed by atoms with Gasteiger partial charge in [-0.15, -0.1) is 0 Å². The van der Waals surface area contributed by atoms with E-state index in [4.69, 9.17) is 12.2 Å². The molecule has 18 heavy (non-hydrogen) atoms. The van der Waals surface area contributed by atoms with E-state index in [1.165, 1.54) is 16.8 Å². The summed E-state index contributed by atoms with van der Waals surface area (Å²) in [6.45, 7) is 0. The minimum absolute atomic E-state index is 0.171. The third kappa shape index (κ3) is 2.85. The first-order valence-electron chi connectivity index (χ1n) is 4.94. The van der Waals surface area contributed by atoms with Crippen LogP contribution in [-0.2, 0) is 0 Å². The third-order valence-corrected chi connectivity index (χ3v) is 3.24. The van der Waals surface area contributed by atoms with Crippen LogP contribution < -0.4 is 5.56 Å². The lowest BCUT2D eigenvalue weighted by molar-refractivity contribution is 0.252. The van der Waals surface area contributed by atoms with Crippen LogP contribution in [-0.4, -0.2) is 15.3 Å². The number of hydrogen-bond donors (Lipinski definition) is 1. The molecule has 0 bridgehead atoms. The number of benzene rings is 1. The molecule has 2 aromatic rings. The van der Waals surface area contributed by atoms with Gasteiger partial charge in [-0.05, 0) is 24.4 Å². The molecule has 0 aliphatic carbocycles. The summed E-state index contributed by atoms with van der Waals surface area (Å²) >= 11 is 5.45. The molecule has 94 valence electrons. The maximum absolute atomic E-state index is 12.5. The van der Waals surface area contributed by atoms with Crippen LogP contribution in [0.3, 0.4) is 0 Å². The van der Waals surface area contributed by atoms with Crippen molar-refractivity contribution in [1.29, 1.82) is 0 Å². The van der Waals surface area contributed by atoms with Crippen LogP contribution in [0.25, 0.3) is 5.69 Å². The number of aromatic nitrogens is 2.